The molecule has 136 valence electrons. The number of phenols is 2. The molecule has 3 N–H and O–H groups in total. The standard InChI is InChI=1S/C20H26O5/c1-12(9-14-5-7-16(21)18(10-14)24-3)13(2)20(23)15-6-8-17(22)19(11-15)25-4/h5-8,10-13,20-23H,9H2,1-4H3/t12-,13-,20?/m1/s1. The molecule has 25 heavy (non-hydrogen) atoms. The van der Waals surface area contributed by atoms with Crippen LogP contribution in [0.2, 0.25) is 0 Å². The van der Waals surface area contributed by atoms with Crippen LogP contribution in [-0.2, 0) is 6.42 Å². The SMILES string of the molecule is COc1cc(C[C@@H](C)[C@@H](C)C(O)c2ccc(O)c(OC)c2)ccc1O. The van der Waals surface area contributed by atoms with Crippen LogP contribution in [0.15, 0.2) is 36.4 Å². The van der Waals surface area contributed by atoms with E-state index in [1.165, 1.54) is 20.3 Å². The predicted molar refractivity (Wildman–Crippen MR) is 96.3 cm³/mol. The highest BCUT2D eigenvalue weighted by atomic mass is 16.5. The Balaban J connectivity index is 2.12. The summed E-state index contributed by atoms with van der Waals surface area (Å²) in [6, 6.07) is 10.2. The molecule has 0 heterocycles. The summed E-state index contributed by atoms with van der Waals surface area (Å²) in [5.41, 5.74) is 1.74. The zero-order valence-corrected chi connectivity index (χ0v) is 15.1. The summed E-state index contributed by atoms with van der Waals surface area (Å²) >= 11 is 0. The molecule has 2 aromatic carbocycles. The summed E-state index contributed by atoms with van der Waals surface area (Å²) in [4.78, 5) is 0. The van der Waals surface area contributed by atoms with E-state index in [1.807, 2.05) is 19.1 Å². The maximum absolute atomic E-state index is 10.7. The molecular weight excluding hydrogens is 320 g/mol. The summed E-state index contributed by atoms with van der Waals surface area (Å²) in [5.74, 6) is 1.12. The fraction of sp³-hybridized carbons (Fsp3) is 0.400. The third-order valence-corrected chi connectivity index (χ3v) is 4.74. The molecule has 0 aliphatic heterocycles. The van der Waals surface area contributed by atoms with Crippen molar-refractivity contribution in [2.75, 3.05) is 14.2 Å². The Hall–Kier alpha value is -2.40. The van der Waals surface area contributed by atoms with E-state index in [1.54, 1.807) is 18.2 Å². The summed E-state index contributed by atoms with van der Waals surface area (Å²) in [6.07, 6.45) is 0.0629. The number of aliphatic hydroxyl groups excluding tert-OH is 1. The lowest BCUT2D eigenvalue weighted by Gasteiger charge is -2.26. The van der Waals surface area contributed by atoms with E-state index in [4.69, 9.17) is 9.47 Å². The molecule has 0 aliphatic rings. The van der Waals surface area contributed by atoms with Gasteiger partial charge in [0.1, 0.15) is 0 Å². The largest absolute Gasteiger partial charge is 0.504 e. The lowest BCUT2D eigenvalue weighted by molar-refractivity contribution is 0.0869. The van der Waals surface area contributed by atoms with Gasteiger partial charge in [-0.15, -0.1) is 0 Å². The molecular formula is C20H26O5. The van der Waals surface area contributed by atoms with E-state index in [-0.39, 0.29) is 23.3 Å². The minimum Gasteiger partial charge on any atom is -0.504 e. The van der Waals surface area contributed by atoms with Crippen LogP contribution in [-0.4, -0.2) is 29.5 Å². The summed E-state index contributed by atoms with van der Waals surface area (Å²) in [7, 11) is 3.00. The molecule has 1 unspecified atom stereocenters. The highest BCUT2D eigenvalue weighted by molar-refractivity contribution is 5.43. The molecule has 0 radical (unpaired) electrons. The monoisotopic (exact) mass is 346 g/mol. The molecule has 0 bridgehead atoms. The molecule has 0 amide bonds. The van der Waals surface area contributed by atoms with Crippen molar-refractivity contribution in [3.05, 3.63) is 47.5 Å². The second-order valence-corrected chi connectivity index (χ2v) is 6.42. The van der Waals surface area contributed by atoms with Crippen LogP contribution in [0.1, 0.15) is 31.1 Å². The van der Waals surface area contributed by atoms with Crippen LogP contribution >= 0.6 is 0 Å². The van der Waals surface area contributed by atoms with Crippen molar-refractivity contribution >= 4 is 0 Å². The quantitative estimate of drug-likeness (QED) is 0.713. The van der Waals surface area contributed by atoms with Crippen molar-refractivity contribution < 1.29 is 24.8 Å². The Morgan fingerprint density at radius 2 is 1.44 bits per heavy atom. The first-order chi connectivity index (χ1) is 11.9. The number of aliphatic hydroxyl groups is 1. The van der Waals surface area contributed by atoms with Crippen LogP contribution in [0.4, 0.5) is 0 Å². The van der Waals surface area contributed by atoms with Gasteiger partial charge >= 0.3 is 0 Å². The minimum atomic E-state index is -0.677. The first kappa shape index (κ1) is 18.9. The highest BCUT2D eigenvalue weighted by Gasteiger charge is 2.23. The maximum Gasteiger partial charge on any atom is 0.160 e. The zero-order valence-electron chi connectivity index (χ0n) is 15.1. The van der Waals surface area contributed by atoms with E-state index in [9.17, 15) is 15.3 Å². The topological polar surface area (TPSA) is 79.2 Å². The van der Waals surface area contributed by atoms with Crippen molar-refractivity contribution in [3.8, 4) is 23.0 Å². The number of hydrogen-bond acceptors (Lipinski definition) is 5. The molecule has 3 atom stereocenters. The van der Waals surface area contributed by atoms with Crippen molar-refractivity contribution in [1.82, 2.24) is 0 Å². The number of ether oxygens (including phenoxy) is 2. The Labute approximate surface area is 148 Å². The minimum absolute atomic E-state index is 0.0194. The smallest absolute Gasteiger partial charge is 0.160 e. The Bertz CT molecular complexity index is 713. The second kappa shape index (κ2) is 8.12. The molecule has 5 nitrogen and oxygen atoms in total. The predicted octanol–water partition coefficient (Wildman–Crippen LogP) is 3.66. The van der Waals surface area contributed by atoms with Gasteiger partial charge in [-0.2, -0.15) is 0 Å². The number of phenolic OH excluding ortho intramolecular Hbond substituents is 2. The van der Waals surface area contributed by atoms with Crippen molar-refractivity contribution in [2.45, 2.75) is 26.4 Å². The van der Waals surface area contributed by atoms with E-state index >= 15 is 0 Å². The van der Waals surface area contributed by atoms with E-state index in [0.29, 0.717) is 17.1 Å². The number of methoxy groups -OCH3 is 2. The second-order valence-electron chi connectivity index (χ2n) is 6.42. The van der Waals surface area contributed by atoms with Gasteiger partial charge < -0.3 is 24.8 Å². The van der Waals surface area contributed by atoms with Gasteiger partial charge in [0.2, 0.25) is 0 Å². The molecule has 2 rings (SSSR count). The van der Waals surface area contributed by atoms with Crippen LogP contribution in [0.3, 0.4) is 0 Å². The van der Waals surface area contributed by atoms with Crippen molar-refractivity contribution in [1.29, 1.82) is 0 Å². The van der Waals surface area contributed by atoms with Gasteiger partial charge in [-0.3, -0.25) is 0 Å². The number of rotatable bonds is 7. The first-order valence-corrected chi connectivity index (χ1v) is 8.28. The Kier molecular flexibility index (Phi) is 6.15. The lowest BCUT2D eigenvalue weighted by atomic mass is 9.83. The molecule has 0 fully saturated rings. The van der Waals surface area contributed by atoms with Gasteiger partial charge in [-0.25, -0.2) is 0 Å². The average Bonchev–Trinajstić information content (AvgIpc) is 2.62. The van der Waals surface area contributed by atoms with Gasteiger partial charge in [-0.05, 0) is 53.6 Å². The molecule has 0 aromatic heterocycles. The van der Waals surface area contributed by atoms with Gasteiger partial charge in [0.05, 0.1) is 20.3 Å². The highest BCUT2D eigenvalue weighted by Crippen LogP contribution is 2.35. The summed E-state index contributed by atoms with van der Waals surface area (Å²) < 4.78 is 10.3. The number of hydrogen-bond donors (Lipinski definition) is 3. The molecule has 0 saturated carbocycles. The van der Waals surface area contributed by atoms with Crippen molar-refractivity contribution in [3.63, 3.8) is 0 Å². The number of aromatic hydroxyl groups is 2. The first-order valence-electron chi connectivity index (χ1n) is 8.28. The average molecular weight is 346 g/mol. The summed E-state index contributed by atoms with van der Waals surface area (Å²) in [5, 5.41) is 30.1. The van der Waals surface area contributed by atoms with Gasteiger partial charge in [0.25, 0.3) is 0 Å². The van der Waals surface area contributed by atoms with Gasteiger partial charge in [0, 0.05) is 0 Å². The summed E-state index contributed by atoms with van der Waals surface area (Å²) in [6.45, 7) is 4.07. The molecule has 5 heteroatoms. The van der Waals surface area contributed by atoms with E-state index in [0.717, 1.165) is 12.0 Å². The van der Waals surface area contributed by atoms with Crippen LogP contribution < -0.4 is 9.47 Å². The van der Waals surface area contributed by atoms with E-state index in [2.05, 4.69) is 6.92 Å². The molecule has 0 spiro atoms. The zero-order chi connectivity index (χ0) is 18.6. The molecule has 0 aliphatic carbocycles. The number of benzene rings is 2. The fourth-order valence-electron chi connectivity index (χ4n) is 2.90. The van der Waals surface area contributed by atoms with Crippen LogP contribution in [0, 0.1) is 11.8 Å². The van der Waals surface area contributed by atoms with Gasteiger partial charge in [-0.1, -0.05) is 26.0 Å². The van der Waals surface area contributed by atoms with Crippen LogP contribution in [0.5, 0.6) is 23.0 Å². The van der Waals surface area contributed by atoms with Crippen molar-refractivity contribution in [2.24, 2.45) is 11.8 Å². The lowest BCUT2D eigenvalue weighted by Crippen LogP contribution is -2.19. The van der Waals surface area contributed by atoms with Crippen LogP contribution in [0.25, 0.3) is 0 Å². The normalized spacial score (nSPS) is 14.6. The Morgan fingerprint density at radius 3 is 2.04 bits per heavy atom. The Morgan fingerprint density at radius 1 is 0.880 bits per heavy atom. The fourth-order valence-corrected chi connectivity index (χ4v) is 2.90. The third-order valence-electron chi connectivity index (χ3n) is 4.74. The third kappa shape index (κ3) is 4.37. The maximum atomic E-state index is 10.7. The van der Waals surface area contributed by atoms with E-state index < -0.39 is 6.10 Å². The molecule has 2 aromatic rings. The van der Waals surface area contributed by atoms with Gasteiger partial charge in [0.15, 0.2) is 23.0 Å². The molecule has 0 saturated heterocycles.